The summed E-state index contributed by atoms with van der Waals surface area (Å²) in [5.41, 5.74) is 0.641. The molecule has 1 heterocycles. The van der Waals surface area contributed by atoms with Gasteiger partial charge in [0.15, 0.2) is 6.10 Å². The summed E-state index contributed by atoms with van der Waals surface area (Å²) < 4.78 is 37.6. The van der Waals surface area contributed by atoms with E-state index in [1.54, 1.807) is 37.4 Å². The molecule has 1 atom stereocenters. The zero-order valence-electron chi connectivity index (χ0n) is 19.3. The van der Waals surface area contributed by atoms with E-state index in [-0.39, 0.29) is 42.3 Å². The molecular formula is C24H28N2O7S. The van der Waals surface area contributed by atoms with Crippen molar-refractivity contribution in [3.05, 3.63) is 60.2 Å². The van der Waals surface area contributed by atoms with E-state index in [4.69, 9.17) is 9.47 Å². The van der Waals surface area contributed by atoms with Gasteiger partial charge in [0.1, 0.15) is 0 Å². The number of piperidine rings is 1. The van der Waals surface area contributed by atoms with Crippen LogP contribution in [0.2, 0.25) is 0 Å². The molecule has 0 bridgehead atoms. The number of sulfonamides is 1. The SMILES string of the molecule is COC(=O)c1ccccc1S(=O)(=O)N1CCC(C(=O)OC(C)C(=O)N(C)c2ccccc2)CC1. The topological polar surface area (TPSA) is 110 Å². The highest BCUT2D eigenvalue weighted by Crippen LogP contribution is 2.27. The molecule has 0 aliphatic carbocycles. The molecule has 2 aromatic carbocycles. The third-order valence-electron chi connectivity index (χ3n) is 5.81. The molecule has 0 spiro atoms. The maximum absolute atomic E-state index is 13.1. The van der Waals surface area contributed by atoms with Crippen LogP contribution in [0, 0.1) is 5.92 Å². The minimum Gasteiger partial charge on any atom is -0.465 e. The quantitative estimate of drug-likeness (QED) is 0.551. The fourth-order valence-electron chi connectivity index (χ4n) is 3.81. The van der Waals surface area contributed by atoms with E-state index in [0.717, 1.165) is 0 Å². The number of hydrogen-bond donors (Lipinski definition) is 0. The average molecular weight is 489 g/mol. The van der Waals surface area contributed by atoms with Gasteiger partial charge in [-0.15, -0.1) is 0 Å². The first-order valence-electron chi connectivity index (χ1n) is 10.9. The summed E-state index contributed by atoms with van der Waals surface area (Å²) in [5.74, 6) is -2.16. The highest BCUT2D eigenvalue weighted by molar-refractivity contribution is 7.89. The molecule has 10 heteroatoms. The molecule has 0 saturated carbocycles. The summed E-state index contributed by atoms with van der Waals surface area (Å²) >= 11 is 0. The number of hydrogen-bond acceptors (Lipinski definition) is 7. The first kappa shape index (κ1) is 25.4. The Balaban J connectivity index is 1.61. The number of amides is 1. The largest absolute Gasteiger partial charge is 0.465 e. The van der Waals surface area contributed by atoms with Crippen molar-refractivity contribution in [1.29, 1.82) is 0 Å². The predicted molar refractivity (Wildman–Crippen MR) is 125 cm³/mol. The third-order valence-corrected chi connectivity index (χ3v) is 7.77. The van der Waals surface area contributed by atoms with Crippen LogP contribution in [-0.4, -0.2) is 63.9 Å². The minimum absolute atomic E-state index is 0.0404. The van der Waals surface area contributed by atoms with Gasteiger partial charge in [-0.2, -0.15) is 4.31 Å². The number of methoxy groups -OCH3 is 1. The summed E-state index contributed by atoms with van der Waals surface area (Å²) in [4.78, 5) is 38.6. The highest BCUT2D eigenvalue weighted by Gasteiger charge is 2.36. The first-order chi connectivity index (χ1) is 16.2. The van der Waals surface area contributed by atoms with E-state index >= 15 is 0 Å². The average Bonchev–Trinajstić information content (AvgIpc) is 2.87. The summed E-state index contributed by atoms with van der Waals surface area (Å²) in [6, 6.07) is 14.9. The molecule has 1 saturated heterocycles. The van der Waals surface area contributed by atoms with Gasteiger partial charge in [-0.3, -0.25) is 9.59 Å². The van der Waals surface area contributed by atoms with Crippen LogP contribution in [0.25, 0.3) is 0 Å². The van der Waals surface area contributed by atoms with Crippen molar-refractivity contribution >= 4 is 33.6 Å². The standard InChI is InChI=1S/C24H28N2O7S/c1-17(22(27)25(2)19-9-5-4-6-10-19)33-23(28)18-13-15-26(16-14-18)34(30,31)21-12-8-7-11-20(21)24(29)32-3/h4-12,17-18H,13-16H2,1-3H3. The Morgan fingerprint density at radius 1 is 1.00 bits per heavy atom. The Morgan fingerprint density at radius 2 is 1.59 bits per heavy atom. The number of anilines is 1. The van der Waals surface area contributed by atoms with E-state index in [2.05, 4.69) is 0 Å². The van der Waals surface area contributed by atoms with Crippen molar-refractivity contribution < 1.29 is 32.3 Å². The Bertz CT molecular complexity index is 1140. The van der Waals surface area contributed by atoms with E-state index in [9.17, 15) is 22.8 Å². The van der Waals surface area contributed by atoms with E-state index in [1.165, 1.54) is 41.4 Å². The zero-order chi connectivity index (χ0) is 24.9. The van der Waals surface area contributed by atoms with Gasteiger partial charge < -0.3 is 14.4 Å². The number of carbonyl (C=O) groups excluding carboxylic acids is 3. The normalized spacial score (nSPS) is 15.9. The first-order valence-corrected chi connectivity index (χ1v) is 12.3. The van der Waals surface area contributed by atoms with Gasteiger partial charge in [0, 0.05) is 25.8 Å². The van der Waals surface area contributed by atoms with Crippen LogP contribution in [0.1, 0.15) is 30.1 Å². The molecule has 1 aliphatic heterocycles. The molecule has 1 fully saturated rings. The second-order valence-corrected chi connectivity index (χ2v) is 9.88. The molecule has 0 radical (unpaired) electrons. The number of benzene rings is 2. The molecule has 2 aromatic rings. The number of esters is 2. The van der Waals surface area contributed by atoms with Crippen LogP contribution in [-0.2, 0) is 29.1 Å². The van der Waals surface area contributed by atoms with Crippen molar-refractivity contribution in [2.45, 2.75) is 30.8 Å². The summed E-state index contributed by atoms with van der Waals surface area (Å²) in [6.07, 6.45) is -0.492. The highest BCUT2D eigenvalue weighted by atomic mass is 32.2. The summed E-state index contributed by atoms with van der Waals surface area (Å²) in [7, 11) is -1.16. The molecule has 9 nitrogen and oxygen atoms in total. The van der Waals surface area contributed by atoms with Gasteiger partial charge in [-0.25, -0.2) is 13.2 Å². The number of carbonyl (C=O) groups is 3. The molecular weight excluding hydrogens is 460 g/mol. The fraction of sp³-hybridized carbons (Fsp3) is 0.375. The van der Waals surface area contributed by atoms with Gasteiger partial charge in [-0.1, -0.05) is 30.3 Å². The number of nitrogens with zero attached hydrogens (tertiary/aromatic N) is 2. The molecule has 3 rings (SSSR count). The fourth-order valence-corrected chi connectivity index (χ4v) is 5.46. The molecule has 34 heavy (non-hydrogen) atoms. The Kier molecular flexibility index (Phi) is 8.06. The molecule has 1 aliphatic rings. The van der Waals surface area contributed by atoms with Crippen LogP contribution in [0.4, 0.5) is 5.69 Å². The maximum Gasteiger partial charge on any atom is 0.339 e. The van der Waals surface area contributed by atoms with E-state index in [0.29, 0.717) is 5.69 Å². The van der Waals surface area contributed by atoms with Gasteiger partial charge in [0.25, 0.3) is 5.91 Å². The van der Waals surface area contributed by atoms with Gasteiger partial charge >= 0.3 is 11.9 Å². The lowest BCUT2D eigenvalue weighted by atomic mass is 9.98. The Morgan fingerprint density at radius 3 is 2.21 bits per heavy atom. The van der Waals surface area contributed by atoms with Crippen molar-refractivity contribution in [2.24, 2.45) is 5.92 Å². The number of rotatable bonds is 7. The molecule has 1 unspecified atom stereocenters. The molecule has 1 amide bonds. The van der Waals surface area contributed by atoms with Crippen molar-refractivity contribution in [3.63, 3.8) is 0 Å². The molecule has 182 valence electrons. The lowest BCUT2D eigenvalue weighted by Gasteiger charge is -2.31. The number of likely N-dealkylation sites (N-methyl/N-ethyl adjacent to an activating group) is 1. The van der Waals surface area contributed by atoms with Crippen LogP contribution in [0.15, 0.2) is 59.5 Å². The van der Waals surface area contributed by atoms with E-state index in [1.807, 2.05) is 6.07 Å². The van der Waals surface area contributed by atoms with Crippen molar-refractivity contribution in [1.82, 2.24) is 4.31 Å². The van der Waals surface area contributed by atoms with Gasteiger partial charge in [-0.05, 0) is 44.0 Å². The second kappa shape index (κ2) is 10.8. The lowest BCUT2D eigenvalue weighted by Crippen LogP contribution is -2.43. The second-order valence-electron chi connectivity index (χ2n) is 7.98. The molecule has 0 N–H and O–H groups in total. The summed E-state index contributed by atoms with van der Waals surface area (Å²) in [6.45, 7) is 1.69. The molecule has 0 aromatic heterocycles. The van der Waals surface area contributed by atoms with Crippen LogP contribution in [0.3, 0.4) is 0 Å². The number of ether oxygens (including phenoxy) is 2. The maximum atomic E-state index is 13.1. The van der Waals surface area contributed by atoms with Gasteiger partial charge in [0.2, 0.25) is 10.0 Å². The smallest absolute Gasteiger partial charge is 0.339 e. The van der Waals surface area contributed by atoms with Crippen LogP contribution >= 0.6 is 0 Å². The monoisotopic (exact) mass is 488 g/mol. The van der Waals surface area contributed by atoms with E-state index < -0.39 is 34.0 Å². The number of para-hydroxylation sites is 1. The van der Waals surface area contributed by atoms with Crippen LogP contribution in [0.5, 0.6) is 0 Å². The lowest BCUT2D eigenvalue weighted by molar-refractivity contribution is -0.159. The van der Waals surface area contributed by atoms with Crippen LogP contribution < -0.4 is 4.90 Å². The van der Waals surface area contributed by atoms with Crippen molar-refractivity contribution in [3.8, 4) is 0 Å². The predicted octanol–water partition coefficient (Wildman–Crippen LogP) is 2.47. The minimum atomic E-state index is -3.96. The van der Waals surface area contributed by atoms with Gasteiger partial charge in [0.05, 0.1) is 23.5 Å². The Labute approximate surface area is 199 Å². The Hall–Kier alpha value is -3.24. The summed E-state index contributed by atoms with van der Waals surface area (Å²) in [5, 5.41) is 0. The zero-order valence-corrected chi connectivity index (χ0v) is 20.2. The van der Waals surface area contributed by atoms with Crippen molar-refractivity contribution in [2.75, 3.05) is 32.1 Å². The third kappa shape index (κ3) is 5.45.